The third kappa shape index (κ3) is 1.02. The molecule has 2 nitrogen and oxygen atoms in total. The SMILES string of the molecule is O=C(c1ccccc1)c1cc2cc(O)c1=2. The predicted molar refractivity (Wildman–Crippen MR) is 55.7 cm³/mol. The predicted octanol–water partition coefficient (Wildman–Crippen LogP) is 2.22. The van der Waals surface area contributed by atoms with Gasteiger partial charge in [-0.1, -0.05) is 30.3 Å². The van der Waals surface area contributed by atoms with Gasteiger partial charge >= 0.3 is 0 Å². The lowest BCUT2D eigenvalue weighted by atomic mass is 9.92. The molecule has 0 aliphatic heterocycles. The third-order valence-corrected chi connectivity index (χ3v) is 2.69. The quantitative estimate of drug-likeness (QED) is 0.638. The summed E-state index contributed by atoms with van der Waals surface area (Å²) in [6.45, 7) is 0. The van der Waals surface area contributed by atoms with E-state index in [2.05, 4.69) is 0 Å². The number of aromatic hydroxyl groups is 1. The Kier molecular flexibility index (Phi) is 1.48. The van der Waals surface area contributed by atoms with Gasteiger partial charge in [-0.3, -0.25) is 4.79 Å². The van der Waals surface area contributed by atoms with Crippen LogP contribution < -0.4 is 0 Å². The van der Waals surface area contributed by atoms with Gasteiger partial charge in [-0.25, -0.2) is 0 Å². The molecule has 72 valence electrons. The Morgan fingerprint density at radius 1 is 1.07 bits per heavy atom. The van der Waals surface area contributed by atoms with Crippen molar-refractivity contribution >= 4 is 5.78 Å². The fraction of sp³-hybridized carbons (Fsp3) is 0. The molecule has 0 atom stereocenters. The summed E-state index contributed by atoms with van der Waals surface area (Å²) >= 11 is 0. The summed E-state index contributed by atoms with van der Waals surface area (Å²) in [4.78, 5) is 11.9. The van der Waals surface area contributed by atoms with Crippen LogP contribution in [0.4, 0.5) is 0 Å². The number of phenols is 1. The van der Waals surface area contributed by atoms with Crippen LogP contribution in [0, 0.1) is 10.4 Å². The van der Waals surface area contributed by atoms with Crippen molar-refractivity contribution in [2.75, 3.05) is 0 Å². The molecule has 15 heavy (non-hydrogen) atoms. The molecule has 0 aromatic heterocycles. The lowest BCUT2D eigenvalue weighted by molar-refractivity contribution is 0.103. The zero-order valence-corrected chi connectivity index (χ0v) is 7.90. The highest BCUT2D eigenvalue weighted by atomic mass is 16.3. The van der Waals surface area contributed by atoms with Crippen molar-refractivity contribution in [3.8, 4) is 5.75 Å². The minimum Gasteiger partial charge on any atom is -0.507 e. The second-order valence-electron chi connectivity index (χ2n) is 3.61. The van der Waals surface area contributed by atoms with Crippen molar-refractivity contribution in [2.24, 2.45) is 0 Å². The van der Waals surface area contributed by atoms with Gasteiger partial charge in [-0.05, 0) is 17.4 Å². The summed E-state index contributed by atoms with van der Waals surface area (Å²) in [6, 6.07) is 12.6. The van der Waals surface area contributed by atoms with Crippen LogP contribution in [-0.2, 0) is 0 Å². The monoisotopic (exact) mass is 196 g/mol. The topological polar surface area (TPSA) is 37.3 Å². The zero-order valence-electron chi connectivity index (χ0n) is 7.90. The highest BCUT2D eigenvalue weighted by Gasteiger charge is 2.19. The molecule has 0 saturated heterocycles. The van der Waals surface area contributed by atoms with E-state index in [1.807, 2.05) is 24.3 Å². The summed E-state index contributed by atoms with van der Waals surface area (Å²) in [5.74, 6) is 0.209. The van der Waals surface area contributed by atoms with Gasteiger partial charge in [0.2, 0.25) is 0 Å². The number of ketones is 1. The zero-order chi connectivity index (χ0) is 10.4. The van der Waals surface area contributed by atoms with Crippen molar-refractivity contribution in [1.29, 1.82) is 0 Å². The van der Waals surface area contributed by atoms with E-state index in [-0.39, 0.29) is 11.5 Å². The van der Waals surface area contributed by atoms with Crippen molar-refractivity contribution in [2.45, 2.75) is 0 Å². The summed E-state index contributed by atoms with van der Waals surface area (Å²) in [7, 11) is 0. The number of phenolic OH excluding ortho intramolecular Hbond substituents is 1. The van der Waals surface area contributed by atoms with Crippen LogP contribution in [0.15, 0.2) is 42.5 Å². The van der Waals surface area contributed by atoms with Crippen molar-refractivity contribution in [3.63, 3.8) is 0 Å². The Balaban J connectivity index is 2.05. The van der Waals surface area contributed by atoms with Gasteiger partial charge in [0.15, 0.2) is 5.78 Å². The summed E-state index contributed by atoms with van der Waals surface area (Å²) in [6.07, 6.45) is 0. The fourth-order valence-electron chi connectivity index (χ4n) is 1.84. The fourth-order valence-corrected chi connectivity index (χ4v) is 1.84. The molecule has 2 aliphatic rings. The van der Waals surface area contributed by atoms with E-state index < -0.39 is 0 Å². The lowest BCUT2D eigenvalue weighted by Gasteiger charge is -2.12. The molecule has 0 fully saturated rings. The number of hydrogen-bond acceptors (Lipinski definition) is 2. The van der Waals surface area contributed by atoms with Gasteiger partial charge in [0.25, 0.3) is 0 Å². The molecule has 1 aromatic carbocycles. The first kappa shape index (κ1) is 8.24. The van der Waals surface area contributed by atoms with E-state index in [0.29, 0.717) is 11.1 Å². The Labute approximate surface area is 86.1 Å². The highest BCUT2D eigenvalue weighted by Crippen LogP contribution is 2.28. The van der Waals surface area contributed by atoms with Gasteiger partial charge in [0.05, 0.1) is 0 Å². The van der Waals surface area contributed by atoms with Gasteiger partial charge in [-0.15, -0.1) is 0 Å². The average Bonchev–Trinajstić information content (AvgIpc) is 2.24. The van der Waals surface area contributed by atoms with Gasteiger partial charge in [0, 0.05) is 16.3 Å². The van der Waals surface area contributed by atoms with Crippen molar-refractivity contribution in [1.82, 2.24) is 0 Å². The minimum absolute atomic E-state index is 0.0194. The van der Waals surface area contributed by atoms with Crippen LogP contribution in [0.3, 0.4) is 0 Å². The summed E-state index contributed by atoms with van der Waals surface area (Å²) in [5.41, 5.74) is 1.28. The summed E-state index contributed by atoms with van der Waals surface area (Å²) in [5, 5.41) is 11.0. The smallest absolute Gasteiger partial charge is 0.193 e. The average molecular weight is 196 g/mol. The largest absolute Gasteiger partial charge is 0.507 e. The molecule has 1 aromatic rings. The number of rotatable bonds is 2. The molecular formula is C13H8O2. The van der Waals surface area contributed by atoms with Crippen molar-refractivity contribution in [3.05, 3.63) is 64.0 Å². The minimum atomic E-state index is -0.0194. The molecule has 0 radical (unpaired) electrons. The van der Waals surface area contributed by atoms with Gasteiger partial charge in [0.1, 0.15) is 5.75 Å². The Morgan fingerprint density at radius 2 is 1.80 bits per heavy atom. The molecule has 0 saturated carbocycles. The molecule has 0 bridgehead atoms. The molecule has 0 heterocycles. The van der Waals surface area contributed by atoms with Crippen molar-refractivity contribution < 1.29 is 9.90 Å². The van der Waals surface area contributed by atoms with Gasteiger partial charge in [-0.2, -0.15) is 0 Å². The van der Waals surface area contributed by atoms with E-state index in [4.69, 9.17) is 0 Å². The Bertz CT molecular complexity index is 642. The standard InChI is InChI=1S/C13H8O2/c14-11-7-9-6-10(12(9)11)13(15)8-4-2-1-3-5-8/h1-7,14H. The molecule has 0 amide bonds. The van der Waals surface area contributed by atoms with Crippen LogP contribution in [0.1, 0.15) is 15.9 Å². The molecule has 2 aliphatic carbocycles. The van der Waals surface area contributed by atoms with Crippen LogP contribution in [0.5, 0.6) is 5.75 Å². The maximum atomic E-state index is 11.9. The Hall–Kier alpha value is -2.09. The number of carbonyl (C=O) groups is 1. The summed E-state index contributed by atoms with van der Waals surface area (Å²) < 4.78 is 0. The maximum absolute atomic E-state index is 11.9. The molecular weight excluding hydrogens is 188 g/mol. The first-order valence-electron chi connectivity index (χ1n) is 4.74. The van der Waals surface area contributed by atoms with E-state index in [1.54, 1.807) is 18.2 Å². The van der Waals surface area contributed by atoms with Crippen LogP contribution in [-0.4, -0.2) is 10.9 Å². The van der Waals surface area contributed by atoms with E-state index in [1.165, 1.54) is 0 Å². The second kappa shape index (κ2) is 2.70. The number of benzene rings is 2. The number of carbonyl (C=O) groups excluding carboxylic acids is 1. The molecule has 0 unspecified atom stereocenters. The molecule has 1 N–H and O–H groups in total. The highest BCUT2D eigenvalue weighted by molar-refractivity contribution is 6.10. The van der Waals surface area contributed by atoms with E-state index >= 15 is 0 Å². The van der Waals surface area contributed by atoms with E-state index in [9.17, 15) is 9.90 Å². The third-order valence-electron chi connectivity index (χ3n) is 2.69. The van der Waals surface area contributed by atoms with Crippen LogP contribution in [0.25, 0.3) is 0 Å². The maximum Gasteiger partial charge on any atom is 0.193 e. The second-order valence-corrected chi connectivity index (χ2v) is 3.61. The van der Waals surface area contributed by atoms with Crippen LogP contribution in [0.2, 0.25) is 0 Å². The Morgan fingerprint density at radius 3 is 2.40 bits per heavy atom. The van der Waals surface area contributed by atoms with E-state index in [0.717, 1.165) is 10.4 Å². The van der Waals surface area contributed by atoms with Gasteiger partial charge < -0.3 is 5.11 Å². The molecule has 0 spiro atoms. The normalized spacial score (nSPS) is 11.2. The number of hydrogen-bond donors (Lipinski definition) is 1. The first-order chi connectivity index (χ1) is 7.27. The van der Waals surface area contributed by atoms with Crippen LogP contribution >= 0.6 is 0 Å². The first-order valence-corrected chi connectivity index (χ1v) is 4.74. The lowest BCUT2D eigenvalue weighted by Crippen LogP contribution is -2.08. The molecule has 2 heteroatoms. The molecule has 3 rings (SSSR count).